The first-order valence-electron chi connectivity index (χ1n) is 8.52. The van der Waals surface area contributed by atoms with Crippen LogP contribution in [0.2, 0.25) is 0 Å². The number of aromatic nitrogens is 4. The van der Waals surface area contributed by atoms with E-state index in [1.54, 1.807) is 4.40 Å². The molecule has 0 bridgehead atoms. The third kappa shape index (κ3) is 1.90. The van der Waals surface area contributed by atoms with Gasteiger partial charge in [0.15, 0.2) is 0 Å². The molecule has 3 heterocycles. The lowest BCUT2D eigenvalue weighted by Crippen LogP contribution is -2.18. The first-order chi connectivity index (χ1) is 13.2. The quantitative estimate of drug-likeness (QED) is 0.270. The van der Waals surface area contributed by atoms with Crippen LogP contribution in [0, 0.1) is 0 Å². The number of halogens is 1. The van der Waals surface area contributed by atoms with E-state index in [4.69, 9.17) is 9.97 Å². The van der Waals surface area contributed by atoms with Gasteiger partial charge in [0.25, 0.3) is 5.56 Å². The van der Waals surface area contributed by atoms with Crippen LogP contribution in [0.15, 0.2) is 76.0 Å². The second kappa shape index (κ2) is 5.14. The Morgan fingerprint density at radius 3 is 2.41 bits per heavy atom. The number of benzene rings is 3. The zero-order valence-corrected chi connectivity index (χ0v) is 15.5. The Hall–Kier alpha value is -3.25. The predicted octanol–water partition coefficient (Wildman–Crippen LogP) is 4.56. The average molecular weight is 415 g/mol. The summed E-state index contributed by atoms with van der Waals surface area (Å²) < 4.78 is 4.55. The van der Waals surface area contributed by atoms with Gasteiger partial charge < -0.3 is 0 Å². The van der Waals surface area contributed by atoms with Gasteiger partial charge in [-0.2, -0.15) is 0 Å². The molecule has 0 saturated carbocycles. The van der Waals surface area contributed by atoms with Crippen LogP contribution >= 0.6 is 15.9 Å². The van der Waals surface area contributed by atoms with Crippen LogP contribution in [0.5, 0.6) is 0 Å². The molecule has 0 unspecified atom stereocenters. The molecular formula is C21H11BrN4O. The van der Waals surface area contributed by atoms with Crippen LogP contribution in [-0.2, 0) is 0 Å². The van der Waals surface area contributed by atoms with Gasteiger partial charge >= 0.3 is 0 Å². The van der Waals surface area contributed by atoms with Crippen LogP contribution in [0.25, 0.3) is 44.3 Å². The zero-order valence-electron chi connectivity index (χ0n) is 13.9. The highest BCUT2D eigenvalue weighted by atomic mass is 79.9. The van der Waals surface area contributed by atoms with E-state index in [-0.39, 0.29) is 5.56 Å². The molecule has 0 amide bonds. The van der Waals surface area contributed by atoms with Crippen LogP contribution < -0.4 is 5.56 Å². The molecule has 0 spiro atoms. The zero-order chi connectivity index (χ0) is 18.1. The molecule has 0 N–H and O–H groups in total. The maximum Gasteiger partial charge on any atom is 0.267 e. The van der Waals surface area contributed by atoms with E-state index in [0.29, 0.717) is 16.7 Å². The fraction of sp³-hybridized carbons (Fsp3) is 0. The fourth-order valence-corrected chi connectivity index (χ4v) is 4.13. The molecule has 0 aliphatic rings. The van der Waals surface area contributed by atoms with Crippen molar-refractivity contribution in [2.24, 2.45) is 0 Å². The van der Waals surface area contributed by atoms with Crippen molar-refractivity contribution in [3.05, 3.63) is 81.6 Å². The van der Waals surface area contributed by atoms with Crippen molar-refractivity contribution in [3.63, 3.8) is 0 Å². The minimum atomic E-state index is -0.0848. The maximum atomic E-state index is 13.4. The Morgan fingerprint density at radius 2 is 1.52 bits per heavy atom. The van der Waals surface area contributed by atoms with E-state index in [1.165, 1.54) is 0 Å². The molecule has 0 atom stereocenters. The number of para-hydroxylation sites is 3. The predicted molar refractivity (Wildman–Crippen MR) is 110 cm³/mol. The third-order valence-electron chi connectivity index (χ3n) is 4.96. The maximum absolute atomic E-state index is 13.4. The largest absolute Gasteiger partial charge is 0.268 e. The summed E-state index contributed by atoms with van der Waals surface area (Å²) in [4.78, 5) is 23.1. The van der Waals surface area contributed by atoms with E-state index in [2.05, 4.69) is 15.9 Å². The van der Waals surface area contributed by atoms with Crippen LogP contribution in [-0.4, -0.2) is 18.8 Å². The second-order valence-corrected chi connectivity index (χ2v) is 7.41. The van der Waals surface area contributed by atoms with Gasteiger partial charge in [0.1, 0.15) is 5.65 Å². The molecule has 0 radical (unpaired) electrons. The summed E-state index contributed by atoms with van der Waals surface area (Å²) >= 11 is 3.47. The molecule has 27 heavy (non-hydrogen) atoms. The Bertz CT molecular complexity index is 1610. The molecule has 0 saturated heterocycles. The van der Waals surface area contributed by atoms with E-state index in [9.17, 15) is 4.79 Å². The first-order valence-corrected chi connectivity index (χ1v) is 9.31. The lowest BCUT2D eigenvalue weighted by Gasteiger charge is -2.10. The molecule has 6 aromatic rings. The topological polar surface area (TPSA) is 51.7 Å². The van der Waals surface area contributed by atoms with Crippen molar-refractivity contribution < 1.29 is 0 Å². The number of imidazole rings is 1. The molecular weight excluding hydrogens is 404 g/mol. The summed E-state index contributed by atoms with van der Waals surface area (Å²) in [5, 5.41) is 1.51. The minimum Gasteiger partial charge on any atom is -0.268 e. The van der Waals surface area contributed by atoms with E-state index >= 15 is 0 Å². The van der Waals surface area contributed by atoms with Crippen LogP contribution in [0.4, 0.5) is 0 Å². The van der Waals surface area contributed by atoms with Gasteiger partial charge in [-0.3, -0.25) is 9.20 Å². The minimum absolute atomic E-state index is 0.0848. The summed E-state index contributed by atoms with van der Waals surface area (Å²) in [6.07, 6.45) is 0. The van der Waals surface area contributed by atoms with Crippen LogP contribution in [0.1, 0.15) is 0 Å². The van der Waals surface area contributed by atoms with Gasteiger partial charge in [0.05, 0.1) is 27.5 Å². The van der Waals surface area contributed by atoms with Crippen molar-refractivity contribution >= 4 is 60.2 Å². The Balaban J connectivity index is 2.05. The average Bonchev–Trinajstić information content (AvgIpc) is 3.08. The Morgan fingerprint density at radius 1 is 0.741 bits per heavy atom. The summed E-state index contributed by atoms with van der Waals surface area (Å²) in [7, 11) is 0. The van der Waals surface area contributed by atoms with E-state index in [1.807, 2.05) is 71.1 Å². The van der Waals surface area contributed by atoms with Gasteiger partial charge in [-0.1, -0.05) is 40.2 Å². The van der Waals surface area contributed by atoms with Crippen molar-refractivity contribution in [1.29, 1.82) is 0 Å². The Labute approximate surface area is 160 Å². The fourth-order valence-electron chi connectivity index (χ4n) is 3.78. The van der Waals surface area contributed by atoms with E-state index in [0.717, 1.165) is 32.1 Å². The highest BCUT2D eigenvalue weighted by Crippen LogP contribution is 2.27. The van der Waals surface area contributed by atoms with E-state index < -0.39 is 0 Å². The number of rotatable bonds is 0. The molecule has 0 aliphatic heterocycles. The van der Waals surface area contributed by atoms with Crippen molar-refractivity contribution in [2.75, 3.05) is 0 Å². The van der Waals surface area contributed by atoms with Gasteiger partial charge in [0, 0.05) is 9.86 Å². The molecule has 6 heteroatoms. The second-order valence-electron chi connectivity index (χ2n) is 6.49. The molecule has 128 valence electrons. The smallest absolute Gasteiger partial charge is 0.267 e. The molecule has 6 rings (SSSR count). The lowest BCUT2D eigenvalue weighted by molar-refractivity contribution is 1.05. The number of hydrogen-bond donors (Lipinski definition) is 0. The van der Waals surface area contributed by atoms with Crippen LogP contribution in [0.3, 0.4) is 0 Å². The first kappa shape index (κ1) is 14.9. The molecule has 0 fully saturated rings. The van der Waals surface area contributed by atoms with Gasteiger partial charge in [-0.25, -0.2) is 14.4 Å². The lowest BCUT2D eigenvalue weighted by atomic mass is 10.2. The number of hydrogen-bond acceptors (Lipinski definition) is 3. The monoisotopic (exact) mass is 414 g/mol. The summed E-state index contributed by atoms with van der Waals surface area (Å²) in [6, 6.07) is 21.3. The number of fused-ring (bicyclic) bond motifs is 9. The van der Waals surface area contributed by atoms with Crippen molar-refractivity contribution in [2.45, 2.75) is 0 Å². The van der Waals surface area contributed by atoms with Gasteiger partial charge in [-0.15, -0.1) is 0 Å². The van der Waals surface area contributed by atoms with Gasteiger partial charge in [0.2, 0.25) is 5.78 Å². The SMILES string of the molecule is O=c1c2ccc(Br)cc2nc2n1c1ccccc1c1nc3ccccc3n12. The normalized spacial score (nSPS) is 12.0. The summed E-state index contributed by atoms with van der Waals surface area (Å²) in [6.45, 7) is 0. The molecule has 3 aromatic carbocycles. The highest BCUT2D eigenvalue weighted by Gasteiger charge is 2.16. The number of nitrogens with zero attached hydrogens (tertiary/aromatic N) is 4. The Kier molecular flexibility index (Phi) is 2.83. The summed E-state index contributed by atoms with van der Waals surface area (Å²) in [5.74, 6) is 0.563. The summed E-state index contributed by atoms with van der Waals surface area (Å²) in [5.41, 5.74) is 3.98. The van der Waals surface area contributed by atoms with Crippen molar-refractivity contribution in [3.8, 4) is 0 Å². The van der Waals surface area contributed by atoms with Crippen molar-refractivity contribution in [1.82, 2.24) is 18.8 Å². The highest BCUT2D eigenvalue weighted by molar-refractivity contribution is 9.10. The molecule has 0 aliphatic carbocycles. The van der Waals surface area contributed by atoms with Gasteiger partial charge in [-0.05, 0) is 42.5 Å². The standard InChI is InChI=1S/C21H11BrN4O/c22-12-9-10-13-16(11-12)24-21-25-18-8-4-2-6-15(18)23-19(25)14-5-1-3-7-17(14)26(21)20(13)27/h1-11H. The molecule has 5 nitrogen and oxygen atoms in total. The third-order valence-corrected chi connectivity index (χ3v) is 5.45. The molecule has 3 aromatic heterocycles.